The highest BCUT2D eigenvalue weighted by Crippen LogP contribution is 2.31. The highest BCUT2D eigenvalue weighted by atomic mass is 19.4. The van der Waals surface area contributed by atoms with Gasteiger partial charge in [-0.1, -0.05) is 25.1 Å². The molecule has 2 atom stereocenters. The van der Waals surface area contributed by atoms with Gasteiger partial charge < -0.3 is 15.0 Å². The summed E-state index contributed by atoms with van der Waals surface area (Å²) in [5.74, 6) is 0.301. The largest absolute Gasteiger partial charge is 0.484 e. The number of nitrogens with one attached hydrogen (secondary N) is 1. The van der Waals surface area contributed by atoms with Gasteiger partial charge in [0.15, 0.2) is 6.61 Å². The van der Waals surface area contributed by atoms with Crippen molar-refractivity contribution in [2.75, 3.05) is 24.6 Å². The number of ether oxygens (including phenoxy) is 1. The van der Waals surface area contributed by atoms with Gasteiger partial charge in [0, 0.05) is 18.8 Å². The molecule has 4 nitrogen and oxygen atoms in total. The van der Waals surface area contributed by atoms with Crippen molar-refractivity contribution >= 4 is 11.6 Å². The van der Waals surface area contributed by atoms with E-state index in [2.05, 4.69) is 29.3 Å². The summed E-state index contributed by atoms with van der Waals surface area (Å²) < 4.78 is 43.5. The van der Waals surface area contributed by atoms with Crippen molar-refractivity contribution in [3.05, 3.63) is 59.7 Å². The monoisotopic (exact) mass is 420 g/mol. The molecule has 1 aliphatic rings. The molecule has 1 fully saturated rings. The quantitative estimate of drug-likeness (QED) is 0.699. The molecular formula is C23H27F3N2O2. The third kappa shape index (κ3) is 5.90. The molecule has 1 saturated heterocycles. The second kappa shape index (κ2) is 9.41. The summed E-state index contributed by atoms with van der Waals surface area (Å²) >= 11 is 0. The van der Waals surface area contributed by atoms with Gasteiger partial charge >= 0.3 is 6.18 Å². The van der Waals surface area contributed by atoms with Gasteiger partial charge in [0.1, 0.15) is 5.75 Å². The molecule has 2 aromatic carbocycles. The van der Waals surface area contributed by atoms with E-state index < -0.39 is 17.6 Å². The van der Waals surface area contributed by atoms with Gasteiger partial charge in [0.05, 0.1) is 11.6 Å². The zero-order chi connectivity index (χ0) is 21.7. The maximum absolute atomic E-state index is 12.8. The smallest absolute Gasteiger partial charge is 0.416 e. The van der Waals surface area contributed by atoms with Crippen LogP contribution in [-0.2, 0) is 11.0 Å². The topological polar surface area (TPSA) is 41.6 Å². The van der Waals surface area contributed by atoms with E-state index in [1.54, 1.807) is 0 Å². The summed E-state index contributed by atoms with van der Waals surface area (Å²) in [5, 5.41) is 2.82. The fourth-order valence-corrected chi connectivity index (χ4v) is 3.68. The maximum atomic E-state index is 12.8. The summed E-state index contributed by atoms with van der Waals surface area (Å²) in [5.41, 5.74) is 1.32. The zero-order valence-corrected chi connectivity index (χ0v) is 17.2. The van der Waals surface area contributed by atoms with E-state index in [0.717, 1.165) is 30.8 Å². The molecule has 2 unspecified atom stereocenters. The maximum Gasteiger partial charge on any atom is 0.416 e. The number of halogens is 3. The van der Waals surface area contributed by atoms with E-state index in [-0.39, 0.29) is 18.4 Å². The summed E-state index contributed by atoms with van der Waals surface area (Å²) in [6, 6.07) is 12.4. The number of carbonyl (C=O) groups is 1. The highest BCUT2D eigenvalue weighted by Gasteiger charge is 2.30. The molecular weight excluding hydrogens is 393 g/mol. The van der Waals surface area contributed by atoms with Crippen LogP contribution in [0.1, 0.15) is 43.9 Å². The van der Waals surface area contributed by atoms with Crippen molar-refractivity contribution in [2.24, 2.45) is 5.92 Å². The molecule has 0 aromatic heterocycles. The van der Waals surface area contributed by atoms with Gasteiger partial charge in [-0.25, -0.2) is 0 Å². The first-order chi connectivity index (χ1) is 14.2. The predicted octanol–water partition coefficient (Wildman–Crippen LogP) is 5.20. The first kappa shape index (κ1) is 22.0. The minimum absolute atomic E-state index is 0.00717. The van der Waals surface area contributed by atoms with E-state index in [4.69, 9.17) is 4.74 Å². The average molecular weight is 420 g/mol. The minimum atomic E-state index is -4.45. The van der Waals surface area contributed by atoms with Crippen LogP contribution in [0.5, 0.6) is 5.75 Å². The first-order valence-corrected chi connectivity index (χ1v) is 10.2. The third-order valence-corrected chi connectivity index (χ3v) is 5.32. The van der Waals surface area contributed by atoms with Crippen LogP contribution in [0, 0.1) is 5.92 Å². The van der Waals surface area contributed by atoms with Crippen LogP contribution >= 0.6 is 0 Å². The van der Waals surface area contributed by atoms with Crippen molar-refractivity contribution in [3.63, 3.8) is 0 Å². The van der Waals surface area contributed by atoms with Crippen LogP contribution < -0.4 is 15.0 Å². The van der Waals surface area contributed by atoms with E-state index in [1.807, 2.05) is 19.1 Å². The molecule has 1 N–H and O–H groups in total. The van der Waals surface area contributed by atoms with E-state index in [0.29, 0.717) is 5.92 Å². The predicted molar refractivity (Wildman–Crippen MR) is 111 cm³/mol. The van der Waals surface area contributed by atoms with Crippen molar-refractivity contribution in [1.29, 1.82) is 0 Å². The van der Waals surface area contributed by atoms with Crippen molar-refractivity contribution in [1.82, 2.24) is 5.32 Å². The molecule has 0 aliphatic carbocycles. The van der Waals surface area contributed by atoms with E-state index in [9.17, 15) is 18.0 Å². The van der Waals surface area contributed by atoms with Gasteiger partial charge in [0.2, 0.25) is 0 Å². The Morgan fingerprint density at radius 1 is 1.23 bits per heavy atom. The second-order valence-corrected chi connectivity index (χ2v) is 7.89. The lowest BCUT2D eigenvalue weighted by Gasteiger charge is -2.33. The van der Waals surface area contributed by atoms with Crippen LogP contribution in [0.3, 0.4) is 0 Å². The standard InChI is InChI=1S/C23H27F3N2O2/c1-16-5-4-12-28(14-16)20-10-8-18(9-11-20)17(2)27-22(29)15-30-21-7-3-6-19(13-21)23(24,25)26/h3,6-11,13,16-17H,4-5,12,14-15H2,1-2H3,(H,27,29). The summed E-state index contributed by atoms with van der Waals surface area (Å²) in [6.07, 6.45) is -1.99. The molecule has 162 valence electrons. The molecule has 1 heterocycles. The molecule has 1 aliphatic heterocycles. The minimum Gasteiger partial charge on any atom is -0.484 e. The van der Waals surface area contributed by atoms with Crippen LogP contribution in [0.2, 0.25) is 0 Å². The first-order valence-electron chi connectivity index (χ1n) is 10.2. The molecule has 0 bridgehead atoms. The molecule has 1 amide bonds. The van der Waals surface area contributed by atoms with Gasteiger partial charge in [0.25, 0.3) is 5.91 Å². The van der Waals surface area contributed by atoms with Crippen LogP contribution in [0.25, 0.3) is 0 Å². The Labute approximate surface area is 175 Å². The fourth-order valence-electron chi connectivity index (χ4n) is 3.68. The Morgan fingerprint density at radius 3 is 2.63 bits per heavy atom. The van der Waals surface area contributed by atoms with Crippen molar-refractivity contribution in [3.8, 4) is 5.75 Å². The summed E-state index contributed by atoms with van der Waals surface area (Å²) in [6.45, 7) is 5.89. The highest BCUT2D eigenvalue weighted by molar-refractivity contribution is 5.78. The van der Waals surface area contributed by atoms with E-state index in [1.165, 1.54) is 30.7 Å². The Hall–Kier alpha value is -2.70. The van der Waals surface area contributed by atoms with Gasteiger partial charge in [-0.3, -0.25) is 4.79 Å². The molecule has 0 radical (unpaired) electrons. The zero-order valence-electron chi connectivity index (χ0n) is 17.2. The van der Waals surface area contributed by atoms with Crippen LogP contribution in [-0.4, -0.2) is 25.6 Å². The third-order valence-electron chi connectivity index (χ3n) is 5.32. The summed E-state index contributed by atoms with van der Waals surface area (Å²) in [4.78, 5) is 14.5. The van der Waals surface area contributed by atoms with Gasteiger partial charge in [-0.15, -0.1) is 0 Å². The van der Waals surface area contributed by atoms with Crippen LogP contribution in [0.4, 0.5) is 18.9 Å². The number of anilines is 1. The Bertz CT molecular complexity index is 852. The van der Waals surface area contributed by atoms with Gasteiger partial charge in [-0.05, 0) is 61.6 Å². The number of hydrogen-bond donors (Lipinski definition) is 1. The number of piperidine rings is 1. The number of alkyl halides is 3. The van der Waals surface area contributed by atoms with Crippen molar-refractivity contribution < 1.29 is 22.7 Å². The number of amides is 1. The molecule has 3 rings (SSSR count). The lowest BCUT2D eigenvalue weighted by Crippen LogP contribution is -2.34. The van der Waals surface area contributed by atoms with Gasteiger partial charge in [-0.2, -0.15) is 13.2 Å². The molecule has 7 heteroatoms. The number of hydrogen-bond acceptors (Lipinski definition) is 3. The SMILES string of the molecule is CC1CCCN(c2ccc(C(C)NC(=O)COc3cccc(C(F)(F)F)c3)cc2)C1. The molecule has 2 aromatic rings. The normalized spacial score (nSPS) is 18.0. The van der Waals surface area contributed by atoms with Crippen molar-refractivity contribution in [2.45, 2.75) is 38.9 Å². The Kier molecular flexibility index (Phi) is 6.90. The lowest BCUT2D eigenvalue weighted by molar-refractivity contribution is -0.137. The summed E-state index contributed by atoms with van der Waals surface area (Å²) in [7, 11) is 0. The van der Waals surface area contributed by atoms with E-state index >= 15 is 0 Å². The Morgan fingerprint density at radius 2 is 1.97 bits per heavy atom. The molecule has 0 spiro atoms. The number of rotatable bonds is 6. The average Bonchev–Trinajstić information content (AvgIpc) is 2.72. The number of carbonyl (C=O) groups excluding carboxylic acids is 1. The molecule has 30 heavy (non-hydrogen) atoms. The number of nitrogens with zero attached hydrogens (tertiary/aromatic N) is 1. The van der Waals surface area contributed by atoms with Crippen LogP contribution in [0.15, 0.2) is 48.5 Å². The second-order valence-electron chi connectivity index (χ2n) is 7.89. The number of benzene rings is 2. The fraction of sp³-hybridized carbons (Fsp3) is 0.435. The molecule has 0 saturated carbocycles. The Balaban J connectivity index is 1.52. The lowest BCUT2D eigenvalue weighted by atomic mass is 9.99.